The molecule has 2 aromatic carbocycles. The zero-order valence-electron chi connectivity index (χ0n) is 11.7. The van der Waals surface area contributed by atoms with Gasteiger partial charge in [-0.25, -0.2) is 0 Å². The number of aryl methyl sites for hydroxylation is 1. The zero-order valence-corrected chi connectivity index (χ0v) is 12.4. The number of hydrogen-bond acceptors (Lipinski definition) is 2. The van der Waals surface area contributed by atoms with Gasteiger partial charge >= 0.3 is 0 Å². The largest absolute Gasteiger partial charge is 0.485 e. The molecule has 0 aromatic heterocycles. The first-order chi connectivity index (χ1) is 9.69. The average molecular weight is 288 g/mol. The summed E-state index contributed by atoms with van der Waals surface area (Å²) >= 11 is 6.04. The average Bonchev–Trinajstić information content (AvgIpc) is 2.46. The second-order valence-corrected chi connectivity index (χ2v) is 5.66. The Balaban J connectivity index is 1.97. The molecule has 0 amide bonds. The van der Waals surface area contributed by atoms with Gasteiger partial charge < -0.3 is 10.1 Å². The van der Waals surface area contributed by atoms with Gasteiger partial charge in [-0.05, 0) is 43.3 Å². The zero-order chi connectivity index (χ0) is 14.1. The summed E-state index contributed by atoms with van der Waals surface area (Å²) in [6.07, 6.45) is 0.996. The van der Waals surface area contributed by atoms with Crippen LogP contribution in [0.3, 0.4) is 0 Å². The fraction of sp³-hybridized carbons (Fsp3) is 0.294. The molecule has 20 heavy (non-hydrogen) atoms. The first-order valence-corrected chi connectivity index (χ1v) is 7.25. The van der Waals surface area contributed by atoms with E-state index in [1.807, 2.05) is 31.3 Å². The van der Waals surface area contributed by atoms with Crippen LogP contribution in [0.15, 0.2) is 42.5 Å². The SMILES string of the molecule is CNC1CC(c2ccc(Cl)cc2C)Oc2ccccc21. The Hall–Kier alpha value is -1.51. The molecule has 2 atom stereocenters. The highest BCUT2D eigenvalue weighted by Crippen LogP contribution is 2.41. The standard InChI is InChI=1S/C17H18ClNO/c1-11-9-12(18)7-8-13(11)17-10-15(19-2)14-5-3-4-6-16(14)20-17/h3-9,15,17,19H,10H2,1-2H3. The molecule has 0 aliphatic carbocycles. The number of hydrogen-bond donors (Lipinski definition) is 1. The van der Waals surface area contributed by atoms with Gasteiger partial charge in [0.05, 0.1) is 0 Å². The molecule has 0 bridgehead atoms. The van der Waals surface area contributed by atoms with Crippen LogP contribution in [0, 0.1) is 6.92 Å². The normalized spacial score (nSPS) is 21.1. The monoisotopic (exact) mass is 287 g/mol. The Kier molecular flexibility index (Phi) is 3.68. The van der Waals surface area contributed by atoms with E-state index >= 15 is 0 Å². The van der Waals surface area contributed by atoms with Crippen molar-refractivity contribution in [3.63, 3.8) is 0 Å². The maximum absolute atomic E-state index is 6.19. The van der Waals surface area contributed by atoms with Gasteiger partial charge in [0.1, 0.15) is 11.9 Å². The van der Waals surface area contributed by atoms with Crippen LogP contribution in [0.4, 0.5) is 0 Å². The molecule has 1 aliphatic rings. The number of para-hydroxylation sites is 1. The second-order valence-electron chi connectivity index (χ2n) is 5.22. The summed E-state index contributed by atoms with van der Waals surface area (Å²) < 4.78 is 6.19. The Morgan fingerprint density at radius 1 is 1.15 bits per heavy atom. The maximum Gasteiger partial charge on any atom is 0.126 e. The van der Waals surface area contributed by atoms with Gasteiger partial charge in [0, 0.05) is 23.0 Å². The van der Waals surface area contributed by atoms with E-state index in [1.165, 1.54) is 16.7 Å². The molecule has 0 fully saturated rings. The molecule has 1 N–H and O–H groups in total. The third-order valence-corrected chi connectivity index (χ3v) is 4.18. The van der Waals surface area contributed by atoms with Gasteiger partial charge in [-0.2, -0.15) is 0 Å². The van der Waals surface area contributed by atoms with Crippen LogP contribution in [0.5, 0.6) is 5.75 Å². The molecule has 2 unspecified atom stereocenters. The van der Waals surface area contributed by atoms with Crippen LogP contribution >= 0.6 is 11.6 Å². The van der Waals surface area contributed by atoms with E-state index in [-0.39, 0.29) is 6.10 Å². The van der Waals surface area contributed by atoms with Crippen LogP contribution < -0.4 is 10.1 Å². The fourth-order valence-corrected chi connectivity index (χ4v) is 3.11. The minimum absolute atomic E-state index is 0.0691. The van der Waals surface area contributed by atoms with Crippen LogP contribution in [0.25, 0.3) is 0 Å². The molecule has 1 aliphatic heterocycles. The molecule has 2 nitrogen and oxygen atoms in total. The topological polar surface area (TPSA) is 21.3 Å². The predicted molar refractivity (Wildman–Crippen MR) is 82.4 cm³/mol. The van der Waals surface area contributed by atoms with Crippen LogP contribution in [-0.4, -0.2) is 7.05 Å². The van der Waals surface area contributed by atoms with Crippen LogP contribution in [0.1, 0.15) is 35.3 Å². The van der Waals surface area contributed by atoms with E-state index < -0.39 is 0 Å². The Labute approximate surface area is 124 Å². The van der Waals surface area contributed by atoms with Crippen LogP contribution in [0.2, 0.25) is 5.02 Å². The van der Waals surface area contributed by atoms with Crippen molar-refractivity contribution in [2.45, 2.75) is 25.5 Å². The minimum Gasteiger partial charge on any atom is -0.485 e. The third-order valence-electron chi connectivity index (χ3n) is 3.94. The van der Waals surface area contributed by atoms with Crippen molar-refractivity contribution in [3.8, 4) is 5.75 Å². The van der Waals surface area contributed by atoms with Gasteiger partial charge in [0.15, 0.2) is 0 Å². The van der Waals surface area contributed by atoms with Crippen molar-refractivity contribution in [1.29, 1.82) is 0 Å². The maximum atomic E-state index is 6.19. The molecule has 104 valence electrons. The van der Waals surface area contributed by atoms with Crippen molar-refractivity contribution in [2.24, 2.45) is 0 Å². The molecule has 2 aromatic rings. The number of halogens is 1. The van der Waals surface area contributed by atoms with E-state index in [0.29, 0.717) is 6.04 Å². The highest BCUT2D eigenvalue weighted by Gasteiger charge is 2.28. The molecule has 0 saturated carbocycles. The van der Waals surface area contributed by atoms with Crippen molar-refractivity contribution >= 4 is 11.6 Å². The number of rotatable bonds is 2. The summed E-state index contributed by atoms with van der Waals surface area (Å²) in [5.74, 6) is 0.970. The Bertz CT molecular complexity index is 626. The molecular formula is C17H18ClNO. The van der Waals surface area contributed by atoms with E-state index in [0.717, 1.165) is 17.2 Å². The van der Waals surface area contributed by atoms with E-state index in [2.05, 4.69) is 30.4 Å². The lowest BCUT2D eigenvalue weighted by Gasteiger charge is -2.33. The van der Waals surface area contributed by atoms with Gasteiger partial charge in [-0.15, -0.1) is 0 Å². The third kappa shape index (κ3) is 2.41. The first-order valence-electron chi connectivity index (χ1n) is 6.88. The van der Waals surface area contributed by atoms with Gasteiger partial charge in [0.2, 0.25) is 0 Å². The minimum atomic E-state index is 0.0691. The molecule has 3 heteroatoms. The smallest absolute Gasteiger partial charge is 0.126 e. The van der Waals surface area contributed by atoms with Crippen molar-refractivity contribution in [1.82, 2.24) is 5.32 Å². The molecular weight excluding hydrogens is 270 g/mol. The summed E-state index contributed by atoms with van der Waals surface area (Å²) in [6, 6.07) is 14.6. The lowest BCUT2D eigenvalue weighted by molar-refractivity contribution is 0.153. The lowest BCUT2D eigenvalue weighted by atomic mass is 9.91. The highest BCUT2D eigenvalue weighted by atomic mass is 35.5. The number of benzene rings is 2. The van der Waals surface area contributed by atoms with Crippen molar-refractivity contribution in [3.05, 3.63) is 64.2 Å². The number of fused-ring (bicyclic) bond motifs is 1. The summed E-state index contributed by atoms with van der Waals surface area (Å²) in [7, 11) is 2.00. The summed E-state index contributed by atoms with van der Waals surface area (Å²) in [5.41, 5.74) is 3.62. The molecule has 0 radical (unpaired) electrons. The fourth-order valence-electron chi connectivity index (χ4n) is 2.88. The van der Waals surface area contributed by atoms with Gasteiger partial charge in [-0.3, -0.25) is 0 Å². The summed E-state index contributed by atoms with van der Waals surface area (Å²) in [6.45, 7) is 2.08. The predicted octanol–water partition coefficient (Wildman–Crippen LogP) is 4.43. The lowest BCUT2D eigenvalue weighted by Crippen LogP contribution is -2.27. The molecule has 0 saturated heterocycles. The second kappa shape index (κ2) is 5.47. The molecule has 0 spiro atoms. The number of nitrogens with one attached hydrogen (secondary N) is 1. The molecule has 3 rings (SSSR count). The van der Waals surface area contributed by atoms with E-state index in [1.54, 1.807) is 0 Å². The van der Waals surface area contributed by atoms with E-state index in [4.69, 9.17) is 16.3 Å². The van der Waals surface area contributed by atoms with Crippen molar-refractivity contribution in [2.75, 3.05) is 7.05 Å². The quantitative estimate of drug-likeness (QED) is 0.882. The Morgan fingerprint density at radius 3 is 2.70 bits per heavy atom. The summed E-state index contributed by atoms with van der Waals surface area (Å²) in [5, 5.41) is 4.16. The summed E-state index contributed by atoms with van der Waals surface area (Å²) in [4.78, 5) is 0. The Morgan fingerprint density at radius 2 is 1.95 bits per heavy atom. The molecule has 1 heterocycles. The first kappa shape index (κ1) is 13.5. The van der Waals surface area contributed by atoms with Crippen LogP contribution in [-0.2, 0) is 0 Å². The van der Waals surface area contributed by atoms with E-state index in [9.17, 15) is 0 Å². The van der Waals surface area contributed by atoms with Gasteiger partial charge in [-0.1, -0.05) is 35.9 Å². The van der Waals surface area contributed by atoms with Gasteiger partial charge in [0.25, 0.3) is 0 Å². The number of ether oxygens (including phenoxy) is 1. The highest BCUT2D eigenvalue weighted by molar-refractivity contribution is 6.30. The van der Waals surface area contributed by atoms with Crippen molar-refractivity contribution < 1.29 is 4.74 Å².